The second-order valence-electron chi connectivity index (χ2n) is 5.39. The van der Waals surface area contributed by atoms with E-state index in [4.69, 9.17) is 14.2 Å². The highest BCUT2D eigenvalue weighted by Gasteiger charge is 2.46. The maximum Gasteiger partial charge on any atom is 0.342 e. The molecule has 2 aliphatic rings. The number of ether oxygens (including phenoxy) is 3. The van der Waals surface area contributed by atoms with Gasteiger partial charge in [0.25, 0.3) is 0 Å². The Labute approximate surface area is 122 Å². The molecule has 0 aromatic heterocycles. The summed E-state index contributed by atoms with van der Waals surface area (Å²) in [5, 5.41) is 20.1. The van der Waals surface area contributed by atoms with Crippen molar-refractivity contribution in [2.24, 2.45) is 0 Å². The van der Waals surface area contributed by atoms with E-state index in [1.165, 1.54) is 13.2 Å². The van der Waals surface area contributed by atoms with Gasteiger partial charge >= 0.3 is 5.97 Å². The van der Waals surface area contributed by atoms with Gasteiger partial charge in [-0.1, -0.05) is 13.3 Å². The largest absolute Gasteiger partial charge is 0.504 e. The van der Waals surface area contributed by atoms with Gasteiger partial charge in [0.15, 0.2) is 11.5 Å². The smallest absolute Gasteiger partial charge is 0.342 e. The van der Waals surface area contributed by atoms with Crippen LogP contribution in [0.2, 0.25) is 0 Å². The van der Waals surface area contributed by atoms with Crippen molar-refractivity contribution in [3.8, 4) is 17.2 Å². The van der Waals surface area contributed by atoms with E-state index < -0.39 is 17.8 Å². The summed E-state index contributed by atoms with van der Waals surface area (Å²) >= 11 is 0. The zero-order chi connectivity index (χ0) is 15.1. The normalized spacial score (nSPS) is 27.0. The molecular weight excluding hydrogens is 276 g/mol. The molecule has 1 fully saturated rings. The van der Waals surface area contributed by atoms with Gasteiger partial charge in [-0.3, -0.25) is 0 Å². The van der Waals surface area contributed by atoms with Crippen LogP contribution in [0.5, 0.6) is 17.2 Å². The summed E-state index contributed by atoms with van der Waals surface area (Å²) in [5.41, 5.74) is 0.480. The van der Waals surface area contributed by atoms with Crippen LogP contribution < -0.4 is 4.74 Å². The number of hydrogen-bond acceptors (Lipinski definition) is 6. The molecule has 3 atom stereocenters. The molecule has 0 unspecified atom stereocenters. The zero-order valence-electron chi connectivity index (χ0n) is 12.0. The Hall–Kier alpha value is -1.95. The summed E-state index contributed by atoms with van der Waals surface area (Å²) in [6, 6.07) is 1.42. The number of esters is 1. The quantitative estimate of drug-likeness (QED) is 0.832. The van der Waals surface area contributed by atoms with E-state index in [0.717, 1.165) is 12.8 Å². The minimum atomic E-state index is -0.609. The number of phenolic OH excluding ortho intramolecular Hbond substituents is 2. The molecule has 0 radical (unpaired) electrons. The van der Waals surface area contributed by atoms with E-state index >= 15 is 0 Å². The van der Waals surface area contributed by atoms with E-state index in [1.54, 1.807) is 0 Å². The lowest BCUT2D eigenvalue weighted by molar-refractivity contribution is -0.0235. The Bertz CT molecular complexity index is 582. The minimum absolute atomic E-state index is 0.0167. The SMILES string of the molecule is CCC[C@@H]1C[C@H]2OC(=O)c3c(cc(O)c(OC)c3O)[C@@H]2O1. The van der Waals surface area contributed by atoms with Gasteiger partial charge < -0.3 is 24.4 Å². The van der Waals surface area contributed by atoms with Gasteiger partial charge in [-0.05, 0) is 12.5 Å². The molecule has 0 aliphatic carbocycles. The summed E-state index contributed by atoms with van der Waals surface area (Å²) in [7, 11) is 1.31. The molecule has 2 heterocycles. The van der Waals surface area contributed by atoms with Crippen LogP contribution in [-0.2, 0) is 9.47 Å². The molecule has 1 saturated heterocycles. The van der Waals surface area contributed by atoms with Crippen LogP contribution >= 0.6 is 0 Å². The van der Waals surface area contributed by atoms with Crippen LogP contribution in [-0.4, -0.2) is 35.5 Å². The van der Waals surface area contributed by atoms with Crippen LogP contribution in [0.1, 0.15) is 48.2 Å². The predicted molar refractivity (Wildman–Crippen MR) is 72.7 cm³/mol. The lowest BCUT2D eigenvalue weighted by Gasteiger charge is -2.28. The first kappa shape index (κ1) is 14.0. The van der Waals surface area contributed by atoms with Crippen molar-refractivity contribution in [1.82, 2.24) is 0 Å². The number of hydrogen-bond donors (Lipinski definition) is 2. The van der Waals surface area contributed by atoms with Crippen LogP contribution in [0.25, 0.3) is 0 Å². The van der Waals surface area contributed by atoms with Gasteiger partial charge in [0.2, 0.25) is 5.75 Å². The molecule has 1 aromatic rings. The van der Waals surface area contributed by atoms with Gasteiger partial charge in [-0.2, -0.15) is 0 Å². The molecule has 2 N–H and O–H groups in total. The average molecular weight is 294 g/mol. The lowest BCUT2D eigenvalue weighted by Crippen LogP contribution is -2.29. The van der Waals surface area contributed by atoms with Crippen molar-refractivity contribution in [2.75, 3.05) is 7.11 Å². The molecule has 114 valence electrons. The number of aromatic hydroxyl groups is 2. The summed E-state index contributed by atoms with van der Waals surface area (Å²) in [6.45, 7) is 2.06. The first-order valence-electron chi connectivity index (χ1n) is 7.06. The summed E-state index contributed by atoms with van der Waals surface area (Å²) in [5.74, 6) is -1.36. The van der Waals surface area contributed by atoms with Gasteiger partial charge in [-0.15, -0.1) is 0 Å². The minimum Gasteiger partial charge on any atom is -0.504 e. The number of carbonyl (C=O) groups excluding carboxylic acids is 1. The van der Waals surface area contributed by atoms with Crippen LogP contribution in [0, 0.1) is 0 Å². The van der Waals surface area contributed by atoms with Crippen molar-refractivity contribution in [3.05, 3.63) is 17.2 Å². The number of fused-ring (bicyclic) bond motifs is 3. The molecule has 6 nitrogen and oxygen atoms in total. The average Bonchev–Trinajstić information content (AvgIpc) is 2.81. The molecule has 0 bridgehead atoms. The van der Waals surface area contributed by atoms with Crippen LogP contribution in [0.15, 0.2) is 6.07 Å². The van der Waals surface area contributed by atoms with Crippen molar-refractivity contribution in [1.29, 1.82) is 0 Å². The van der Waals surface area contributed by atoms with Crippen LogP contribution in [0.3, 0.4) is 0 Å². The Balaban J connectivity index is 2.05. The number of phenols is 2. The van der Waals surface area contributed by atoms with Crippen molar-refractivity contribution in [2.45, 2.75) is 44.5 Å². The molecular formula is C15H18O6. The third-order valence-corrected chi connectivity index (χ3v) is 4.02. The highest BCUT2D eigenvalue weighted by atomic mass is 16.6. The predicted octanol–water partition coefficient (Wildman–Crippen LogP) is 2.28. The highest BCUT2D eigenvalue weighted by molar-refractivity contribution is 5.97. The van der Waals surface area contributed by atoms with E-state index in [1.807, 2.05) is 0 Å². The topological polar surface area (TPSA) is 85.2 Å². The lowest BCUT2D eigenvalue weighted by atomic mass is 9.93. The molecule has 6 heteroatoms. The van der Waals surface area contributed by atoms with Gasteiger partial charge in [-0.25, -0.2) is 4.79 Å². The van der Waals surface area contributed by atoms with Gasteiger partial charge in [0, 0.05) is 12.0 Å². The fraction of sp³-hybridized carbons (Fsp3) is 0.533. The first-order valence-corrected chi connectivity index (χ1v) is 7.06. The van der Waals surface area contributed by atoms with Crippen molar-refractivity contribution >= 4 is 5.97 Å². The number of rotatable bonds is 3. The Morgan fingerprint density at radius 3 is 2.86 bits per heavy atom. The maximum absolute atomic E-state index is 12.1. The number of benzene rings is 1. The van der Waals surface area contributed by atoms with Gasteiger partial charge in [0.1, 0.15) is 17.8 Å². The van der Waals surface area contributed by atoms with Crippen LogP contribution in [0.4, 0.5) is 0 Å². The number of carbonyl (C=O) groups is 1. The molecule has 21 heavy (non-hydrogen) atoms. The van der Waals surface area contributed by atoms with Gasteiger partial charge in [0.05, 0.1) is 13.2 Å². The van der Waals surface area contributed by atoms with E-state index in [-0.39, 0.29) is 29.3 Å². The molecule has 2 aliphatic heterocycles. The molecule has 0 spiro atoms. The summed E-state index contributed by atoms with van der Waals surface area (Å²) < 4.78 is 16.2. The van der Waals surface area contributed by atoms with E-state index in [2.05, 4.69) is 6.92 Å². The second-order valence-corrected chi connectivity index (χ2v) is 5.39. The number of methoxy groups -OCH3 is 1. The highest BCUT2D eigenvalue weighted by Crippen LogP contribution is 2.49. The first-order chi connectivity index (χ1) is 10.1. The summed E-state index contributed by atoms with van der Waals surface area (Å²) in [4.78, 5) is 12.1. The fourth-order valence-electron chi connectivity index (χ4n) is 3.12. The Kier molecular flexibility index (Phi) is 3.41. The van der Waals surface area contributed by atoms with Crippen molar-refractivity contribution in [3.63, 3.8) is 0 Å². The standard InChI is InChI=1S/C15H18O6/c1-3-4-7-5-10-13(20-7)8-6-9(16)14(19-2)12(17)11(8)15(18)21-10/h6-7,10,13,16-17H,3-5H2,1-2H3/t7-,10-,13+/m1/s1. The molecule has 0 saturated carbocycles. The van der Waals surface area contributed by atoms with Crippen molar-refractivity contribution < 1.29 is 29.2 Å². The monoisotopic (exact) mass is 294 g/mol. The third kappa shape index (κ3) is 2.10. The van der Waals surface area contributed by atoms with E-state index in [0.29, 0.717) is 12.0 Å². The molecule has 3 rings (SSSR count). The maximum atomic E-state index is 12.1. The fourth-order valence-corrected chi connectivity index (χ4v) is 3.12. The molecule has 1 aromatic carbocycles. The van der Waals surface area contributed by atoms with E-state index in [9.17, 15) is 15.0 Å². The summed E-state index contributed by atoms with van der Waals surface area (Å²) in [6.07, 6.45) is 1.70. The Morgan fingerprint density at radius 2 is 2.19 bits per heavy atom. The third-order valence-electron chi connectivity index (χ3n) is 4.02. The Morgan fingerprint density at radius 1 is 1.43 bits per heavy atom. The zero-order valence-corrected chi connectivity index (χ0v) is 12.0. The second kappa shape index (κ2) is 5.11. The molecule has 0 amide bonds.